The van der Waals surface area contributed by atoms with E-state index in [1.807, 2.05) is 0 Å². The molecule has 2 aliphatic rings. The molecule has 0 aromatic carbocycles. The van der Waals surface area contributed by atoms with Gasteiger partial charge in [-0.15, -0.1) is 12.4 Å². The molecule has 0 amide bonds. The summed E-state index contributed by atoms with van der Waals surface area (Å²) in [4.78, 5) is 2.44. The fourth-order valence-corrected chi connectivity index (χ4v) is 2.76. The molecule has 3 nitrogen and oxygen atoms in total. The number of likely N-dealkylation sites (tertiary alicyclic amines) is 1. The summed E-state index contributed by atoms with van der Waals surface area (Å²) in [6, 6.07) is 0. The minimum absolute atomic E-state index is 0. The molecule has 1 N–H and O–H groups in total. The number of halogens is 1. The maximum atomic E-state index is 5.75. The highest BCUT2D eigenvalue weighted by Gasteiger charge is 2.33. The summed E-state index contributed by atoms with van der Waals surface area (Å²) in [5.74, 6) is 0.810. The SMILES string of the molecule is CN1CCCC(CC2(C)NCCO2)C1.Cl. The molecule has 0 spiro atoms. The van der Waals surface area contributed by atoms with E-state index in [0.717, 1.165) is 25.5 Å². The highest BCUT2D eigenvalue weighted by Crippen LogP contribution is 2.27. The van der Waals surface area contributed by atoms with Crippen LogP contribution in [0.25, 0.3) is 0 Å². The first kappa shape index (κ1) is 13.2. The lowest BCUT2D eigenvalue weighted by Crippen LogP contribution is -2.43. The lowest BCUT2D eigenvalue weighted by Gasteiger charge is -2.34. The first-order valence-corrected chi connectivity index (χ1v) is 5.75. The Labute approximate surface area is 99.0 Å². The van der Waals surface area contributed by atoms with Gasteiger partial charge >= 0.3 is 0 Å². The van der Waals surface area contributed by atoms with Crippen LogP contribution < -0.4 is 5.32 Å². The second-order valence-electron chi connectivity index (χ2n) is 4.98. The minimum atomic E-state index is -0.0388. The number of rotatable bonds is 2. The summed E-state index contributed by atoms with van der Waals surface area (Å²) in [5.41, 5.74) is -0.0388. The summed E-state index contributed by atoms with van der Waals surface area (Å²) < 4.78 is 5.75. The Morgan fingerprint density at radius 2 is 2.33 bits per heavy atom. The fourth-order valence-electron chi connectivity index (χ4n) is 2.76. The van der Waals surface area contributed by atoms with E-state index >= 15 is 0 Å². The van der Waals surface area contributed by atoms with E-state index in [4.69, 9.17) is 4.74 Å². The van der Waals surface area contributed by atoms with E-state index < -0.39 is 0 Å². The highest BCUT2D eigenvalue weighted by atomic mass is 35.5. The van der Waals surface area contributed by atoms with Crippen LogP contribution in [0.3, 0.4) is 0 Å². The molecular formula is C11H23ClN2O. The molecule has 15 heavy (non-hydrogen) atoms. The normalized spacial score (nSPS) is 37.6. The Morgan fingerprint density at radius 1 is 1.53 bits per heavy atom. The lowest BCUT2D eigenvalue weighted by molar-refractivity contribution is -0.0211. The van der Waals surface area contributed by atoms with Gasteiger partial charge in [0.25, 0.3) is 0 Å². The van der Waals surface area contributed by atoms with E-state index in [1.54, 1.807) is 0 Å². The largest absolute Gasteiger partial charge is 0.360 e. The van der Waals surface area contributed by atoms with Gasteiger partial charge in [-0.05, 0) is 45.7 Å². The molecule has 2 fully saturated rings. The van der Waals surface area contributed by atoms with Gasteiger partial charge < -0.3 is 9.64 Å². The first-order valence-electron chi connectivity index (χ1n) is 5.75. The topological polar surface area (TPSA) is 24.5 Å². The predicted octanol–water partition coefficient (Wildman–Crippen LogP) is 1.48. The van der Waals surface area contributed by atoms with Crippen LogP contribution in [-0.2, 0) is 4.74 Å². The minimum Gasteiger partial charge on any atom is -0.360 e. The third-order valence-electron chi connectivity index (χ3n) is 3.42. The number of hydrogen-bond donors (Lipinski definition) is 1. The van der Waals surface area contributed by atoms with E-state index in [-0.39, 0.29) is 18.1 Å². The first-order chi connectivity index (χ1) is 6.68. The van der Waals surface area contributed by atoms with Crippen molar-refractivity contribution in [1.82, 2.24) is 10.2 Å². The zero-order valence-corrected chi connectivity index (χ0v) is 10.6. The molecule has 0 saturated carbocycles. The summed E-state index contributed by atoms with van der Waals surface area (Å²) in [6.07, 6.45) is 3.87. The van der Waals surface area contributed by atoms with Gasteiger partial charge in [-0.2, -0.15) is 0 Å². The summed E-state index contributed by atoms with van der Waals surface area (Å²) in [5, 5.41) is 3.45. The van der Waals surface area contributed by atoms with Gasteiger partial charge in [-0.1, -0.05) is 0 Å². The van der Waals surface area contributed by atoms with Crippen molar-refractivity contribution in [2.45, 2.75) is 31.9 Å². The Kier molecular flexibility index (Phi) is 4.84. The zero-order valence-electron chi connectivity index (χ0n) is 9.79. The molecule has 2 heterocycles. The van der Waals surface area contributed by atoms with Gasteiger partial charge in [0.15, 0.2) is 0 Å². The average Bonchev–Trinajstić information content (AvgIpc) is 2.51. The van der Waals surface area contributed by atoms with Crippen molar-refractivity contribution in [1.29, 1.82) is 0 Å². The molecule has 4 heteroatoms. The molecule has 2 atom stereocenters. The highest BCUT2D eigenvalue weighted by molar-refractivity contribution is 5.85. The number of piperidine rings is 1. The van der Waals surface area contributed by atoms with Gasteiger partial charge in [0, 0.05) is 13.1 Å². The Bertz CT molecular complexity index is 195. The molecule has 0 aromatic rings. The molecule has 90 valence electrons. The predicted molar refractivity (Wildman–Crippen MR) is 64.4 cm³/mol. The van der Waals surface area contributed by atoms with Crippen molar-refractivity contribution < 1.29 is 4.74 Å². The third kappa shape index (κ3) is 3.59. The van der Waals surface area contributed by atoms with Gasteiger partial charge in [-0.3, -0.25) is 5.32 Å². The van der Waals surface area contributed by atoms with Crippen LogP contribution in [0.2, 0.25) is 0 Å². The molecule has 0 bridgehead atoms. The van der Waals surface area contributed by atoms with Crippen LogP contribution in [0, 0.1) is 5.92 Å². The molecular weight excluding hydrogens is 212 g/mol. The average molecular weight is 235 g/mol. The number of nitrogens with zero attached hydrogens (tertiary/aromatic N) is 1. The van der Waals surface area contributed by atoms with E-state index in [0.29, 0.717) is 0 Å². The molecule has 0 aromatic heterocycles. The second-order valence-corrected chi connectivity index (χ2v) is 4.98. The summed E-state index contributed by atoms with van der Waals surface area (Å²) >= 11 is 0. The number of nitrogens with one attached hydrogen (secondary N) is 1. The maximum absolute atomic E-state index is 5.75. The molecule has 2 aliphatic heterocycles. The lowest BCUT2D eigenvalue weighted by atomic mass is 9.90. The fraction of sp³-hybridized carbons (Fsp3) is 1.00. The Morgan fingerprint density at radius 3 is 2.93 bits per heavy atom. The van der Waals surface area contributed by atoms with Crippen LogP contribution >= 0.6 is 12.4 Å². The van der Waals surface area contributed by atoms with Gasteiger partial charge in [0.2, 0.25) is 0 Å². The van der Waals surface area contributed by atoms with E-state index in [2.05, 4.69) is 24.2 Å². The molecule has 2 rings (SSSR count). The van der Waals surface area contributed by atoms with E-state index in [1.165, 1.54) is 25.9 Å². The molecule has 2 saturated heterocycles. The quantitative estimate of drug-likeness (QED) is 0.784. The van der Waals surface area contributed by atoms with E-state index in [9.17, 15) is 0 Å². The smallest absolute Gasteiger partial charge is 0.116 e. The number of ether oxygens (including phenoxy) is 1. The number of hydrogen-bond acceptors (Lipinski definition) is 3. The van der Waals surface area contributed by atoms with Gasteiger partial charge in [0.1, 0.15) is 5.72 Å². The van der Waals surface area contributed by atoms with Crippen LogP contribution in [0.4, 0.5) is 0 Å². The third-order valence-corrected chi connectivity index (χ3v) is 3.42. The monoisotopic (exact) mass is 234 g/mol. The van der Waals surface area contributed by atoms with Crippen molar-refractivity contribution in [3.05, 3.63) is 0 Å². The van der Waals surface area contributed by atoms with Gasteiger partial charge in [0.05, 0.1) is 6.61 Å². The maximum Gasteiger partial charge on any atom is 0.116 e. The van der Waals surface area contributed by atoms with Crippen molar-refractivity contribution in [2.24, 2.45) is 5.92 Å². The summed E-state index contributed by atoms with van der Waals surface area (Å²) in [6.45, 7) is 6.58. The van der Waals surface area contributed by atoms with Crippen LogP contribution in [0.15, 0.2) is 0 Å². The zero-order chi connectivity index (χ0) is 10.0. The van der Waals surface area contributed by atoms with Crippen molar-refractivity contribution in [3.63, 3.8) is 0 Å². The molecule has 0 radical (unpaired) electrons. The standard InChI is InChI=1S/C11H22N2O.ClH/c1-11(12-5-7-14-11)8-10-4-3-6-13(2)9-10;/h10,12H,3-9H2,1-2H3;1H. The molecule has 2 unspecified atom stereocenters. The Balaban J connectivity index is 0.00000112. The van der Waals surface area contributed by atoms with Gasteiger partial charge in [-0.25, -0.2) is 0 Å². The molecule has 0 aliphatic carbocycles. The van der Waals surface area contributed by atoms with Crippen LogP contribution in [-0.4, -0.2) is 43.9 Å². The van der Waals surface area contributed by atoms with Crippen LogP contribution in [0.5, 0.6) is 0 Å². The Hall–Kier alpha value is 0.170. The van der Waals surface area contributed by atoms with Crippen LogP contribution in [0.1, 0.15) is 26.2 Å². The second kappa shape index (κ2) is 5.48. The summed E-state index contributed by atoms with van der Waals surface area (Å²) in [7, 11) is 2.22. The van der Waals surface area contributed by atoms with Crippen molar-refractivity contribution in [3.8, 4) is 0 Å². The van der Waals surface area contributed by atoms with Crippen molar-refractivity contribution >= 4 is 12.4 Å². The van der Waals surface area contributed by atoms with Crippen molar-refractivity contribution in [2.75, 3.05) is 33.3 Å².